The van der Waals surface area contributed by atoms with Crippen LogP contribution in [0, 0.1) is 29.5 Å². The van der Waals surface area contributed by atoms with E-state index >= 15 is 0 Å². The Morgan fingerprint density at radius 1 is 1.20 bits per heavy atom. The first-order valence-electron chi connectivity index (χ1n) is 12.1. The van der Waals surface area contributed by atoms with Crippen molar-refractivity contribution in [3.05, 3.63) is 58.1 Å². The number of fused-ring (bicyclic) bond motifs is 3. The lowest BCUT2D eigenvalue weighted by Crippen LogP contribution is -2.35. The largest absolute Gasteiger partial charge is 0.341 e. The average Bonchev–Trinajstić information content (AvgIpc) is 3.55. The quantitative estimate of drug-likeness (QED) is 0.540. The Morgan fingerprint density at radius 3 is 2.71 bits per heavy atom. The highest BCUT2D eigenvalue weighted by Crippen LogP contribution is 2.46. The second-order valence-corrected chi connectivity index (χ2v) is 10.4. The molecule has 3 aromatic rings. The van der Waals surface area contributed by atoms with E-state index in [2.05, 4.69) is 46.7 Å². The third kappa shape index (κ3) is 4.15. The molecule has 0 bridgehead atoms. The summed E-state index contributed by atoms with van der Waals surface area (Å²) < 4.78 is 15.8. The Hall–Kier alpha value is -3.09. The molecule has 0 atom stereocenters. The molecular weight excluding hydrogens is 467 g/mol. The fourth-order valence-electron chi connectivity index (χ4n) is 5.28. The van der Waals surface area contributed by atoms with Gasteiger partial charge in [-0.25, -0.2) is 14.4 Å². The molecule has 180 valence electrons. The number of hydrogen-bond donors (Lipinski definition) is 0. The molecule has 2 fully saturated rings. The predicted octanol–water partition coefficient (Wildman–Crippen LogP) is 4.16. The van der Waals surface area contributed by atoms with Gasteiger partial charge >= 0.3 is 0 Å². The van der Waals surface area contributed by atoms with Crippen LogP contribution in [-0.4, -0.2) is 49.3 Å². The van der Waals surface area contributed by atoms with Crippen LogP contribution < -0.4 is 4.90 Å². The fraction of sp³-hybridized carbons (Fsp3) is 0.480. The molecule has 1 saturated heterocycles. The van der Waals surface area contributed by atoms with Gasteiger partial charge in [0, 0.05) is 37.1 Å². The summed E-state index contributed by atoms with van der Waals surface area (Å²) in [4.78, 5) is 12.9. The third-order valence-corrected chi connectivity index (χ3v) is 7.70. The molecule has 10 heteroatoms. The second kappa shape index (κ2) is 8.54. The molecule has 2 aliphatic heterocycles. The third-order valence-electron chi connectivity index (χ3n) is 7.46. The number of hydrogen-bond acceptors (Lipinski definition) is 7. The zero-order valence-electron chi connectivity index (χ0n) is 19.6. The normalized spacial score (nSPS) is 19.5. The first-order chi connectivity index (χ1) is 16.9. The number of aromatic nitrogens is 5. The van der Waals surface area contributed by atoms with Crippen molar-refractivity contribution in [3.63, 3.8) is 0 Å². The van der Waals surface area contributed by atoms with E-state index in [1.165, 1.54) is 6.20 Å². The number of piperidine rings is 1. The predicted molar refractivity (Wildman–Crippen MR) is 129 cm³/mol. The van der Waals surface area contributed by atoms with E-state index in [0.717, 1.165) is 74.8 Å². The topological polar surface area (TPSA) is 86.8 Å². The van der Waals surface area contributed by atoms with Gasteiger partial charge in [0.1, 0.15) is 5.82 Å². The molecule has 8 nitrogen and oxygen atoms in total. The van der Waals surface area contributed by atoms with E-state index in [9.17, 15) is 9.65 Å². The van der Waals surface area contributed by atoms with Crippen LogP contribution in [-0.2, 0) is 13.1 Å². The van der Waals surface area contributed by atoms with Crippen molar-refractivity contribution in [2.24, 2.45) is 5.41 Å². The van der Waals surface area contributed by atoms with Gasteiger partial charge in [0.15, 0.2) is 11.6 Å². The number of rotatable bonds is 4. The highest BCUT2D eigenvalue weighted by atomic mass is 35.5. The fourth-order valence-corrected chi connectivity index (χ4v) is 5.48. The smallest absolute Gasteiger partial charge is 0.225 e. The first-order valence-corrected chi connectivity index (χ1v) is 12.4. The summed E-state index contributed by atoms with van der Waals surface area (Å²) in [6.45, 7) is 5.29. The van der Waals surface area contributed by atoms with Crippen molar-refractivity contribution < 1.29 is 4.39 Å². The van der Waals surface area contributed by atoms with Gasteiger partial charge in [-0.05, 0) is 56.4 Å². The van der Waals surface area contributed by atoms with Gasteiger partial charge in [0.2, 0.25) is 5.95 Å². The summed E-state index contributed by atoms with van der Waals surface area (Å²) in [6, 6.07) is 8.50. The molecule has 1 aliphatic carbocycles. The van der Waals surface area contributed by atoms with Crippen LogP contribution in [0.15, 0.2) is 24.4 Å². The molecule has 3 aliphatic rings. The maximum absolute atomic E-state index is 13.6. The van der Waals surface area contributed by atoms with Crippen molar-refractivity contribution in [3.8, 4) is 11.8 Å². The molecule has 0 radical (unpaired) electrons. The number of anilines is 1. The lowest BCUT2D eigenvalue weighted by molar-refractivity contribution is 0.223. The zero-order valence-corrected chi connectivity index (χ0v) is 20.3. The van der Waals surface area contributed by atoms with E-state index in [1.807, 2.05) is 12.1 Å². The molecule has 0 N–H and O–H groups in total. The van der Waals surface area contributed by atoms with Gasteiger partial charge in [-0.15, -0.1) is 10.2 Å². The SMILES string of the molecule is Cc1nc(N2CCC(c3nnc4n3-c3ccc(Cl)cc3CN(CC3(C#N)CC3)C4)CC2)ncc1F. The van der Waals surface area contributed by atoms with Crippen molar-refractivity contribution in [1.29, 1.82) is 5.26 Å². The van der Waals surface area contributed by atoms with Crippen LogP contribution in [0.2, 0.25) is 5.02 Å². The van der Waals surface area contributed by atoms with Gasteiger partial charge < -0.3 is 4.90 Å². The van der Waals surface area contributed by atoms with Crippen molar-refractivity contribution in [2.45, 2.75) is 51.6 Å². The molecule has 2 aromatic heterocycles. The summed E-state index contributed by atoms with van der Waals surface area (Å²) in [6.07, 6.45) is 4.91. The van der Waals surface area contributed by atoms with Gasteiger partial charge in [0.05, 0.1) is 35.6 Å². The number of nitrogens with zero attached hydrogens (tertiary/aromatic N) is 8. The van der Waals surface area contributed by atoms with E-state index in [4.69, 9.17) is 11.6 Å². The van der Waals surface area contributed by atoms with Crippen LogP contribution in [0.3, 0.4) is 0 Å². The van der Waals surface area contributed by atoms with Crippen LogP contribution in [0.1, 0.15) is 54.5 Å². The second-order valence-electron chi connectivity index (χ2n) is 9.98. The Balaban J connectivity index is 1.28. The minimum absolute atomic E-state index is 0.232. The van der Waals surface area contributed by atoms with E-state index < -0.39 is 0 Å². The zero-order chi connectivity index (χ0) is 24.2. The minimum Gasteiger partial charge on any atom is -0.341 e. The van der Waals surface area contributed by atoms with Crippen LogP contribution in [0.5, 0.6) is 0 Å². The van der Waals surface area contributed by atoms with Crippen molar-refractivity contribution in [1.82, 2.24) is 29.6 Å². The van der Waals surface area contributed by atoms with Crippen LogP contribution in [0.4, 0.5) is 10.3 Å². The standard InChI is InChI=1S/C25H26ClFN8/c1-16-20(27)11-29-24(30-16)34-8-4-17(5-9-34)23-32-31-22-13-33(15-25(14-28)6-7-25)12-18-10-19(26)2-3-21(18)35(22)23/h2-3,10-11,17H,4-9,12-13,15H2,1H3. The molecule has 0 amide bonds. The Labute approximate surface area is 208 Å². The van der Waals surface area contributed by atoms with E-state index in [0.29, 0.717) is 23.2 Å². The molecule has 1 aromatic carbocycles. The van der Waals surface area contributed by atoms with Crippen LogP contribution >= 0.6 is 11.6 Å². The van der Waals surface area contributed by atoms with Gasteiger partial charge in [-0.1, -0.05) is 11.6 Å². The Kier molecular flexibility index (Phi) is 5.46. The van der Waals surface area contributed by atoms with E-state index in [1.54, 1.807) is 6.92 Å². The summed E-state index contributed by atoms with van der Waals surface area (Å²) in [7, 11) is 0. The summed E-state index contributed by atoms with van der Waals surface area (Å²) in [5.41, 5.74) is 2.32. The van der Waals surface area contributed by atoms with Gasteiger partial charge in [-0.2, -0.15) is 5.26 Å². The number of halogens is 2. The lowest BCUT2D eigenvalue weighted by atomic mass is 9.95. The highest BCUT2D eigenvalue weighted by molar-refractivity contribution is 6.30. The Morgan fingerprint density at radius 2 is 2.00 bits per heavy atom. The number of benzene rings is 1. The monoisotopic (exact) mass is 492 g/mol. The maximum Gasteiger partial charge on any atom is 0.225 e. The summed E-state index contributed by atoms with van der Waals surface area (Å²) >= 11 is 6.38. The number of nitriles is 1. The number of aryl methyl sites for hydroxylation is 1. The van der Waals surface area contributed by atoms with Gasteiger partial charge in [-0.3, -0.25) is 9.47 Å². The van der Waals surface area contributed by atoms with Gasteiger partial charge in [0.25, 0.3) is 0 Å². The molecule has 1 saturated carbocycles. The summed E-state index contributed by atoms with van der Waals surface area (Å²) in [5.74, 6) is 2.28. The molecule has 35 heavy (non-hydrogen) atoms. The first kappa shape index (κ1) is 22.4. The van der Waals surface area contributed by atoms with E-state index in [-0.39, 0.29) is 17.2 Å². The molecular formula is C25H26ClFN8. The molecule has 0 spiro atoms. The van der Waals surface area contributed by atoms with Crippen molar-refractivity contribution in [2.75, 3.05) is 24.5 Å². The highest BCUT2D eigenvalue weighted by Gasteiger charge is 2.45. The maximum atomic E-state index is 13.6. The average molecular weight is 493 g/mol. The molecule has 4 heterocycles. The van der Waals surface area contributed by atoms with Crippen molar-refractivity contribution >= 4 is 17.5 Å². The summed E-state index contributed by atoms with van der Waals surface area (Å²) in [5, 5.41) is 19.6. The Bertz CT molecular complexity index is 1320. The minimum atomic E-state index is -0.384. The molecule has 6 rings (SSSR count). The lowest BCUT2D eigenvalue weighted by Gasteiger charge is -2.31. The van der Waals surface area contributed by atoms with Crippen LogP contribution in [0.25, 0.3) is 5.69 Å². The molecule has 0 unspecified atom stereocenters.